The van der Waals surface area contributed by atoms with Crippen molar-refractivity contribution in [3.8, 4) is 11.8 Å². The number of benzene rings is 1. The van der Waals surface area contributed by atoms with Crippen molar-refractivity contribution in [3.63, 3.8) is 0 Å². The summed E-state index contributed by atoms with van der Waals surface area (Å²) in [6, 6.07) is 8.24. The van der Waals surface area contributed by atoms with Gasteiger partial charge in [0, 0.05) is 12.2 Å². The van der Waals surface area contributed by atoms with E-state index >= 15 is 0 Å². The van der Waals surface area contributed by atoms with Gasteiger partial charge in [-0.1, -0.05) is 13.0 Å². The molecule has 1 aromatic carbocycles. The van der Waals surface area contributed by atoms with E-state index in [0.717, 1.165) is 35.7 Å². The molecule has 98 valence electrons. The van der Waals surface area contributed by atoms with Gasteiger partial charge >= 0.3 is 0 Å². The predicted octanol–water partition coefficient (Wildman–Crippen LogP) is 2.47. The van der Waals surface area contributed by atoms with Gasteiger partial charge in [0.15, 0.2) is 0 Å². The Bertz CT molecular complexity index is 620. The molecule has 0 bridgehead atoms. The van der Waals surface area contributed by atoms with Crippen LogP contribution in [-0.2, 0) is 6.54 Å². The molecule has 0 radical (unpaired) electrons. The Balaban J connectivity index is 2.42. The summed E-state index contributed by atoms with van der Waals surface area (Å²) < 4.78 is 1.96. The molecule has 0 saturated heterocycles. The number of nitrogens with one attached hydrogen (secondary N) is 1. The standard InChI is InChI=1S/C15H18N4/c1-4-17-9-13-5-6-15(14(7-13)8-16)19-10-18-11(2)12(19)3/h5-7,10,17H,4,9H2,1-3H3. The molecule has 0 amide bonds. The van der Waals surface area contributed by atoms with Gasteiger partial charge in [-0.25, -0.2) is 4.98 Å². The molecule has 0 aliphatic rings. The summed E-state index contributed by atoms with van der Waals surface area (Å²) in [5, 5.41) is 12.6. The number of hydrogen-bond acceptors (Lipinski definition) is 3. The van der Waals surface area contributed by atoms with Gasteiger partial charge in [-0.2, -0.15) is 5.26 Å². The number of nitrogens with zero attached hydrogens (tertiary/aromatic N) is 3. The molecule has 0 fully saturated rings. The molecule has 1 heterocycles. The number of nitriles is 1. The zero-order chi connectivity index (χ0) is 13.8. The fourth-order valence-corrected chi connectivity index (χ4v) is 2.00. The Morgan fingerprint density at radius 1 is 1.37 bits per heavy atom. The van der Waals surface area contributed by atoms with Crippen molar-refractivity contribution in [3.05, 3.63) is 47.0 Å². The quantitative estimate of drug-likeness (QED) is 0.912. The third-order valence-corrected chi connectivity index (χ3v) is 3.27. The van der Waals surface area contributed by atoms with E-state index in [0.29, 0.717) is 5.56 Å². The monoisotopic (exact) mass is 254 g/mol. The minimum Gasteiger partial charge on any atom is -0.313 e. The van der Waals surface area contributed by atoms with Gasteiger partial charge in [-0.3, -0.25) is 0 Å². The molecule has 4 heteroatoms. The van der Waals surface area contributed by atoms with Crippen molar-refractivity contribution in [2.75, 3.05) is 6.54 Å². The Morgan fingerprint density at radius 2 is 2.16 bits per heavy atom. The van der Waals surface area contributed by atoms with Crippen LogP contribution in [0.25, 0.3) is 5.69 Å². The van der Waals surface area contributed by atoms with Crippen LogP contribution >= 0.6 is 0 Å². The third-order valence-electron chi connectivity index (χ3n) is 3.27. The molecule has 0 spiro atoms. The van der Waals surface area contributed by atoms with Crippen LogP contribution in [0.3, 0.4) is 0 Å². The number of aryl methyl sites for hydroxylation is 1. The van der Waals surface area contributed by atoms with Crippen molar-refractivity contribution in [2.45, 2.75) is 27.3 Å². The molecular weight excluding hydrogens is 236 g/mol. The van der Waals surface area contributed by atoms with Crippen molar-refractivity contribution in [1.82, 2.24) is 14.9 Å². The lowest BCUT2D eigenvalue weighted by molar-refractivity contribution is 0.726. The van der Waals surface area contributed by atoms with Crippen LogP contribution in [0.15, 0.2) is 24.5 Å². The molecule has 2 rings (SSSR count). The summed E-state index contributed by atoms with van der Waals surface area (Å²) in [5.41, 5.74) is 4.74. The van der Waals surface area contributed by atoms with Crippen LogP contribution in [-0.4, -0.2) is 16.1 Å². The summed E-state index contributed by atoms with van der Waals surface area (Å²) in [7, 11) is 0. The van der Waals surface area contributed by atoms with E-state index in [9.17, 15) is 5.26 Å². The maximum Gasteiger partial charge on any atom is 0.101 e. The summed E-state index contributed by atoms with van der Waals surface area (Å²) in [6.07, 6.45) is 1.77. The Kier molecular flexibility index (Phi) is 3.98. The molecule has 0 saturated carbocycles. The lowest BCUT2D eigenvalue weighted by Gasteiger charge is -2.10. The Hall–Kier alpha value is -2.12. The molecule has 0 aliphatic carbocycles. The van der Waals surface area contributed by atoms with E-state index in [1.165, 1.54) is 0 Å². The van der Waals surface area contributed by atoms with E-state index in [2.05, 4.69) is 23.3 Å². The molecule has 0 atom stereocenters. The summed E-state index contributed by atoms with van der Waals surface area (Å²) in [5.74, 6) is 0. The van der Waals surface area contributed by atoms with E-state index in [1.807, 2.05) is 36.6 Å². The van der Waals surface area contributed by atoms with Crippen molar-refractivity contribution in [2.24, 2.45) is 0 Å². The number of rotatable bonds is 4. The fraction of sp³-hybridized carbons (Fsp3) is 0.333. The van der Waals surface area contributed by atoms with Gasteiger partial charge in [-0.05, 0) is 38.1 Å². The molecule has 2 aromatic rings. The average molecular weight is 254 g/mol. The first kappa shape index (κ1) is 13.3. The number of hydrogen-bond donors (Lipinski definition) is 1. The zero-order valence-electron chi connectivity index (χ0n) is 11.6. The third kappa shape index (κ3) is 2.67. The SMILES string of the molecule is CCNCc1ccc(-n2cnc(C)c2C)c(C#N)c1. The highest BCUT2D eigenvalue weighted by atomic mass is 15.1. The lowest BCUT2D eigenvalue weighted by atomic mass is 10.1. The second-order valence-electron chi connectivity index (χ2n) is 4.53. The largest absolute Gasteiger partial charge is 0.313 e. The van der Waals surface area contributed by atoms with E-state index in [4.69, 9.17) is 0 Å². The van der Waals surface area contributed by atoms with E-state index in [-0.39, 0.29) is 0 Å². The second kappa shape index (κ2) is 5.68. The first-order chi connectivity index (χ1) is 9.17. The topological polar surface area (TPSA) is 53.6 Å². The minimum atomic E-state index is 0.677. The van der Waals surface area contributed by atoms with Gasteiger partial charge in [0.05, 0.1) is 23.3 Å². The fourth-order valence-electron chi connectivity index (χ4n) is 2.00. The lowest BCUT2D eigenvalue weighted by Crippen LogP contribution is -2.12. The molecule has 4 nitrogen and oxygen atoms in total. The smallest absolute Gasteiger partial charge is 0.101 e. The van der Waals surface area contributed by atoms with Crippen LogP contribution < -0.4 is 5.32 Å². The number of imidazole rings is 1. The predicted molar refractivity (Wildman–Crippen MR) is 75.1 cm³/mol. The van der Waals surface area contributed by atoms with Crippen molar-refractivity contribution >= 4 is 0 Å². The highest BCUT2D eigenvalue weighted by Gasteiger charge is 2.09. The zero-order valence-corrected chi connectivity index (χ0v) is 11.6. The van der Waals surface area contributed by atoms with Gasteiger partial charge in [0.1, 0.15) is 6.07 Å². The van der Waals surface area contributed by atoms with Crippen LogP contribution in [0.4, 0.5) is 0 Å². The number of aromatic nitrogens is 2. The van der Waals surface area contributed by atoms with Crippen molar-refractivity contribution in [1.29, 1.82) is 5.26 Å². The van der Waals surface area contributed by atoms with E-state index < -0.39 is 0 Å². The van der Waals surface area contributed by atoms with Crippen molar-refractivity contribution < 1.29 is 0 Å². The van der Waals surface area contributed by atoms with Crippen LogP contribution in [0, 0.1) is 25.2 Å². The van der Waals surface area contributed by atoms with E-state index in [1.54, 1.807) is 6.33 Å². The summed E-state index contributed by atoms with van der Waals surface area (Å²) in [6.45, 7) is 7.75. The second-order valence-corrected chi connectivity index (χ2v) is 4.53. The first-order valence-electron chi connectivity index (χ1n) is 6.42. The van der Waals surface area contributed by atoms with Crippen LogP contribution in [0.2, 0.25) is 0 Å². The maximum absolute atomic E-state index is 9.32. The molecule has 19 heavy (non-hydrogen) atoms. The Labute approximate surface area is 113 Å². The van der Waals surface area contributed by atoms with Gasteiger partial charge in [0.25, 0.3) is 0 Å². The van der Waals surface area contributed by atoms with Gasteiger partial charge < -0.3 is 9.88 Å². The van der Waals surface area contributed by atoms with Crippen LogP contribution in [0.5, 0.6) is 0 Å². The average Bonchev–Trinajstić information content (AvgIpc) is 2.76. The first-order valence-corrected chi connectivity index (χ1v) is 6.42. The molecule has 1 N–H and O–H groups in total. The van der Waals surface area contributed by atoms with Gasteiger partial charge in [-0.15, -0.1) is 0 Å². The maximum atomic E-state index is 9.32. The highest BCUT2D eigenvalue weighted by molar-refractivity contribution is 5.51. The molecule has 1 aromatic heterocycles. The normalized spacial score (nSPS) is 10.4. The molecule has 0 aliphatic heterocycles. The minimum absolute atomic E-state index is 0.677. The molecular formula is C15H18N4. The molecule has 0 unspecified atom stereocenters. The summed E-state index contributed by atoms with van der Waals surface area (Å²) >= 11 is 0. The highest BCUT2D eigenvalue weighted by Crippen LogP contribution is 2.19. The van der Waals surface area contributed by atoms with Gasteiger partial charge in [0.2, 0.25) is 0 Å². The summed E-state index contributed by atoms with van der Waals surface area (Å²) in [4.78, 5) is 4.28. The Morgan fingerprint density at radius 3 is 2.74 bits per heavy atom. The van der Waals surface area contributed by atoms with Crippen LogP contribution in [0.1, 0.15) is 29.4 Å².